The van der Waals surface area contributed by atoms with Crippen LogP contribution in [0.2, 0.25) is 0 Å². The third-order valence-corrected chi connectivity index (χ3v) is 1.43. The average molecular weight is 149 g/mol. The summed E-state index contributed by atoms with van der Waals surface area (Å²) in [4.78, 5) is 0. The molecule has 3 nitrogen and oxygen atoms in total. The maximum absolute atomic E-state index is 5.62. The Morgan fingerprint density at radius 2 is 2.64 bits per heavy atom. The molecule has 0 unspecified atom stereocenters. The van der Waals surface area contributed by atoms with Crippen molar-refractivity contribution in [3.05, 3.63) is 18.0 Å². The van der Waals surface area contributed by atoms with Crippen LogP contribution in [-0.4, -0.2) is 9.78 Å². The summed E-state index contributed by atoms with van der Waals surface area (Å²) in [6, 6.07) is 0.0292. The molecule has 0 aliphatic rings. The molecule has 58 valence electrons. The van der Waals surface area contributed by atoms with Crippen LogP contribution in [0.3, 0.4) is 0 Å². The van der Waals surface area contributed by atoms with Crippen molar-refractivity contribution in [1.82, 2.24) is 9.78 Å². The van der Waals surface area contributed by atoms with Crippen molar-refractivity contribution in [3.8, 4) is 12.3 Å². The molecule has 2 N–H and O–H groups in total. The number of aromatic nitrogens is 2. The van der Waals surface area contributed by atoms with Crippen molar-refractivity contribution < 1.29 is 0 Å². The van der Waals surface area contributed by atoms with E-state index in [1.54, 1.807) is 10.9 Å². The number of nitrogens with two attached hydrogens (primary N) is 1. The molecule has 0 radical (unpaired) electrons. The maximum Gasteiger partial charge on any atom is 0.101 e. The lowest BCUT2D eigenvalue weighted by Gasteiger charge is -1.97. The van der Waals surface area contributed by atoms with Crippen LogP contribution in [0.5, 0.6) is 0 Å². The molecular formula is C8H11N3. The van der Waals surface area contributed by atoms with E-state index in [0.29, 0.717) is 6.54 Å². The number of rotatable bonds is 2. The zero-order chi connectivity index (χ0) is 8.27. The summed E-state index contributed by atoms with van der Waals surface area (Å²) in [5.41, 5.74) is 6.63. The molecule has 1 aromatic heterocycles. The third-order valence-electron chi connectivity index (χ3n) is 1.43. The van der Waals surface area contributed by atoms with Crippen molar-refractivity contribution in [2.45, 2.75) is 19.5 Å². The zero-order valence-electron chi connectivity index (χ0n) is 6.49. The lowest BCUT2D eigenvalue weighted by Crippen LogP contribution is -2.03. The van der Waals surface area contributed by atoms with Gasteiger partial charge in [0.05, 0.1) is 6.20 Å². The third kappa shape index (κ3) is 1.82. The van der Waals surface area contributed by atoms with E-state index in [2.05, 4.69) is 11.0 Å². The van der Waals surface area contributed by atoms with Gasteiger partial charge in [0, 0.05) is 17.8 Å². The second-order valence-corrected chi connectivity index (χ2v) is 2.46. The summed E-state index contributed by atoms with van der Waals surface area (Å²) in [6.45, 7) is 2.42. The van der Waals surface area contributed by atoms with Gasteiger partial charge < -0.3 is 5.73 Å². The molecule has 0 amide bonds. The summed E-state index contributed by atoms with van der Waals surface area (Å²) in [5, 5.41) is 4.02. The SMILES string of the molecule is C#CCn1cc([C@H](C)N)cn1. The van der Waals surface area contributed by atoms with E-state index in [9.17, 15) is 0 Å². The molecule has 0 saturated heterocycles. The average Bonchev–Trinajstić information content (AvgIpc) is 2.37. The lowest BCUT2D eigenvalue weighted by atomic mass is 10.2. The fraction of sp³-hybridized carbons (Fsp3) is 0.375. The Labute approximate surface area is 66.2 Å². The van der Waals surface area contributed by atoms with Gasteiger partial charge >= 0.3 is 0 Å². The normalized spacial score (nSPS) is 12.5. The highest BCUT2D eigenvalue weighted by Crippen LogP contribution is 2.06. The Hall–Kier alpha value is -1.27. The molecule has 1 atom stereocenters. The van der Waals surface area contributed by atoms with Gasteiger partial charge in [0.15, 0.2) is 0 Å². The van der Waals surface area contributed by atoms with Crippen molar-refractivity contribution >= 4 is 0 Å². The first kappa shape index (κ1) is 7.83. The molecule has 0 aliphatic heterocycles. The van der Waals surface area contributed by atoms with Gasteiger partial charge in [-0.1, -0.05) is 5.92 Å². The quantitative estimate of drug-likeness (QED) is 0.623. The van der Waals surface area contributed by atoms with E-state index in [1.165, 1.54) is 0 Å². The van der Waals surface area contributed by atoms with Gasteiger partial charge in [-0.15, -0.1) is 6.42 Å². The van der Waals surface area contributed by atoms with Crippen LogP contribution < -0.4 is 5.73 Å². The van der Waals surface area contributed by atoms with E-state index in [0.717, 1.165) is 5.56 Å². The van der Waals surface area contributed by atoms with Gasteiger partial charge in [0.25, 0.3) is 0 Å². The summed E-state index contributed by atoms with van der Waals surface area (Å²) in [5.74, 6) is 2.50. The number of hydrogen-bond acceptors (Lipinski definition) is 2. The minimum absolute atomic E-state index is 0.0292. The Morgan fingerprint density at radius 1 is 1.91 bits per heavy atom. The molecule has 1 rings (SSSR count). The largest absolute Gasteiger partial charge is 0.324 e. The van der Waals surface area contributed by atoms with Gasteiger partial charge in [-0.05, 0) is 6.92 Å². The topological polar surface area (TPSA) is 43.8 Å². The molecule has 1 heterocycles. The molecule has 0 aromatic carbocycles. The predicted octanol–water partition coefficient (Wildman–Crippen LogP) is 0.536. The fourth-order valence-electron chi connectivity index (χ4n) is 0.795. The Balaban J connectivity index is 2.75. The van der Waals surface area contributed by atoms with Crippen molar-refractivity contribution in [1.29, 1.82) is 0 Å². The number of nitrogens with zero attached hydrogens (tertiary/aromatic N) is 2. The van der Waals surface area contributed by atoms with Gasteiger partial charge in [0.1, 0.15) is 6.54 Å². The Bertz CT molecular complexity index is 267. The number of terminal acetylenes is 1. The van der Waals surface area contributed by atoms with Crippen LogP contribution in [0.1, 0.15) is 18.5 Å². The number of hydrogen-bond donors (Lipinski definition) is 1. The monoisotopic (exact) mass is 149 g/mol. The predicted molar refractivity (Wildman–Crippen MR) is 43.7 cm³/mol. The molecule has 0 saturated carbocycles. The van der Waals surface area contributed by atoms with E-state index in [1.807, 2.05) is 13.1 Å². The van der Waals surface area contributed by atoms with E-state index in [4.69, 9.17) is 12.2 Å². The summed E-state index contributed by atoms with van der Waals surface area (Å²) in [7, 11) is 0. The van der Waals surface area contributed by atoms with E-state index < -0.39 is 0 Å². The molecule has 0 bridgehead atoms. The molecule has 0 spiro atoms. The van der Waals surface area contributed by atoms with Crippen molar-refractivity contribution in [2.75, 3.05) is 0 Å². The van der Waals surface area contributed by atoms with Crippen LogP contribution in [0.4, 0.5) is 0 Å². The van der Waals surface area contributed by atoms with Crippen LogP contribution in [-0.2, 0) is 6.54 Å². The maximum atomic E-state index is 5.62. The highest BCUT2D eigenvalue weighted by atomic mass is 15.3. The van der Waals surface area contributed by atoms with E-state index in [-0.39, 0.29) is 6.04 Å². The molecule has 3 heteroatoms. The van der Waals surface area contributed by atoms with Gasteiger partial charge in [-0.3, -0.25) is 4.68 Å². The lowest BCUT2D eigenvalue weighted by molar-refractivity contribution is 0.712. The van der Waals surface area contributed by atoms with Crippen LogP contribution >= 0.6 is 0 Å². The summed E-state index contributed by atoms with van der Waals surface area (Å²) >= 11 is 0. The van der Waals surface area contributed by atoms with Crippen molar-refractivity contribution in [3.63, 3.8) is 0 Å². The first-order valence-corrected chi connectivity index (χ1v) is 3.45. The fourth-order valence-corrected chi connectivity index (χ4v) is 0.795. The van der Waals surface area contributed by atoms with Crippen molar-refractivity contribution in [2.24, 2.45) is 5.73 Å². The second kappa shape index (κ2) is 3.22. The van der Waals surface area contributed by atoms with Gasteiger partial charge in [0.2, 0.25) is 0 Å². The minimum Gasteiger partial charge on any atom is -0.324 e. The molecule has 1 aromatic rings. The summed E-state index contributed by atoms with van der Waals surface area (Å²) < 4.78 is 1.69. The first-order valence-electron chi connectivity index (χ1n) is 3.45. The molecule has 11 heavy (non-hydrogen) atoms. The summed E-state index contributed by atoms with van der Waals surface area (Å²) in [6.07, 6.45) is 8.71. The highest BCUT2D eigenvalue weighted by molar-refractivity contribution is 5.08. The zero-order valence-corrected chi connectivity index (χ0v) is 6.49. The molecule has 0 aliphatic carbocycles. The smallest absolute Gasteiger partial charge is 0.101 e. The Kier molecular flexibility index (Phi) is 2.29. The standard InChI is InChI=1S/C8H11N3/c1-3-4-11-6-8(5-10-11)7(2)9/h1,5-7H,4,9H2,2H3/t7-/m0/s1. The highest BCUT2D eigenvalue weighted by Gasteiger charge is 2.00. The van der Waals surface area contributed by atoms with Crippen LogP contribution in [0.25, 0.3) is 0 Å². The van der Waals surface area contributed by atoms with Gasteiger partial charge in [-0.25, -0.2) is 0 Å². The molecule has 0 fully saturated rings. The molecular weight excluding hydrogens is 138 g/mol. The van der Waals surface area contributed by atoms with Gasteiger partial charge in [-0.2, -0.15) is 5.10 Å². The second-order valence-electron chi connectivity index (χ2n) is 2.46. The minimum atomic E-state index is 0.0292. The Morgan fingerprint density at radius 3 is 3.09 bits per heavy atom. The van der Waals surface area contributed by atoms with E-state index >= 15 is 0 Å². The van der Waals surface area contributed by atoms with Crippen LogP contribution in [0, 0.1) is 12.3 Å². The van der Waals surface area contributed by atoms with Crippen LogP contribution in [0.15, 0.2) is 12.4 Å². The first-order chi connectivity index (χ1) is 5.24.